The van der Waals surface area contributed by atoms with Crippen molar-refractivity contribution in [2.75, 3.05) is 11.9 Å². The summed E-state index contributed by atoms with van der Waals surface area (Å²) in [7, 11) is 0. The molecule has 2 aromatic rings. The average Bonchev–Trinajstić information content (AvgIpc) is 2.84. The summed E-state index contributed by atoms with van der Waals surface area (Å²) in [5, 5.41) is 6.05. The molecule has 0 radical (unpaired) electrons. The minimum absolute atomic E-state index is 0.0368. The number of carbonyl (C=O) groups excluding carboxylic acids is 2. The number of aromatic nitrogens is 1. The van der Waals surface area contributed by atoms with E-state index in [0.717, 1.165) is 43.9 Å². The van der Waals surface area contributed by atoms with Crippen molar-refractivity contribution in [1.29, 1.82) is 0 Å². The van der Waals surface area contributed by atoms with Crippen LogP contribution in [0.1, 0.15) is 51.5 Å². The van der Waals surface area contributed by atoms with Gasteiger partial charge in [0.15, 0.2) is 11.6 Å². The van der Waals surface area contributed by atoms with Crippen LogP contribution >= 0.6 is 0 Å². The Labute approximate surface area is 210 Å². The number of hydrogen-bond acceptors (Lipinski definition) is 4. The van der Waals surface area contributed by atoms with Gasteiger partial charge in [-0.1, -0.05) is 19.9 Å². The third kappa shape index (κ3) is 4.51. The zero-order valence-electron chi connectivity index (χ0n) is 20.8. The molecule has 4 aliphatic carbocycles. The number of pyridine rings is 1. The van der Waals surface area contributed by atoms with Gasteiger partial charge in [-0.2, -0.15) is 0 Å². The van der Waals surface area contributed by atoms with Gasteiger partial charge in [-0.05, 0) is 85.6 Å². The summed E-state index contributed by atoms with van der Waals surface area (Å²) in [6, 6.07) is 6.75. The van der Waals surface area contributed by atoms with Gasteiger partial charge >= 0.3 is 0 Å². The third-order valence-corrected chi connectivity index (χ3v) is 8.89. The molecule has 4 saturated carbocycles. The van der Waals surface area contributed by atoms with Crippen LogP contribution < -0.4 is 16.4 Å². The van der Waals surface area contributed by atoms with E-state index in [1.54, 1.807) is 30.6 Å². The van der Waals surface area contributed by atoms with E-state index in [1.807, 2.05) is 13.8 Å². The van der Waals surface area contributed by atoms with Crippen molar-refractivity contribution in [3.63, 3.8) is 0 Å². The first-order valence-electron chi connectivity index (χ1n) is 12.8. The maximum absolute atomic E-state index is 13.7. The minimum Gasteiger partial charge on any atom is -0.354 e. The summed E-state index contributed by atoms with van der Waals surface area (Å²) < 4.78 is 27.1. The van der Waals surface area contributed by atoms with Crippen LogP contribution in [0.4, 0.5) is 14.5 Å². The molecule has 4 aliphatic rings. The van der Waals surface area contributed by atoms with Crippen molar-refractivity contribution in [2.45, 2.75) is 57.4 Å². The molecular weight excluding hydrogens is 462 g/mol. The average molecular weight is 497 g/mol. The Morgan fingerprint density at radius 3 is 2.39 bits per heavy atom. The number of hydrogen-bond donors (Lipinski definition) is 3. The first-order valence-corrected chi connectivity index (χ1v) is 12.8. The zero-order valence-corrected chi connectivity index (χ0v) is 20.8. The Bertz CT molecular complexity index is 1140. The highest BCUT2D eigenvalue weighted by molar-refractivity contribution is 5.95. The SMILES string of the molecule is CC(C)(CNC(=O)C(N)C1C2CC3CC1CC(C(=O)Nc1ccncc1)(C3)C2)c1ccc(F)c(F)c1. The highest BCUT2D eigenvalue weighted by Gasteiger charge is 2.60. The lowest BCUT2D eigenvalue weighted by Crippen LogP contribution is -2.61. The van der Waals surface area contributed by atoms with Crippen LogP contribution in [0, 0.1) is 40.7 Å². The third-order valence-electron chi connectivity index (χ3n) is 8.89. The van der Waals surface area contributed by atoms with E-state index in [9.17, 15) is 18.4 Å². The van der Waals surface area contributed by atoms with Crippen LogP contribution in [0.3, 0.4) is 0 Å². The molecule has 192 valence electrons. The van der Waals surface area contributed by atoms with Gasteiger partial charge in [-0.25, -0.2) is 8.78 Å². The van der Waals surface area contributed by atoms with Gasteiger partial charge in [0, 0.05) is 30.0 Å². The fourth-order valence-electron chi connectivity index (χ4n) is 7.25. The van der Waals surface area contributed by atoms with Gasteiger partial charge in [0.1, 0.15) is 0 Å². The smallest absolute Gasteiger partial charge is 0.237 e. The Morgan fingerprint density at radius 1 is 1.08 bits per heavy atom. The number of amides is 2. The standard InChI is InChI=1S/C28H34F2N4O2/c1-27(2,19-3-4-21(29)22(30)11-19)15-33-25(35)24(31)23-17-9-16-10-18(23)14-28(12-16,13-17)26(36)34-20-5-7-32-8-6-20/h3-8,11,16-18,23-24H,9-10,12-15,31H2,1-2H3,(H,33,35)(H,32,34,36). The minimum atomic E-state index is -0.904. The predicted molar refractivity (Wildman–Crippen MR) is 133 cm³/mol. The number of nitrogens with one attached hydrogen (secondary N) is 2. The maximum atomic E-state index is 13.7. The Balaban J connectivity index is 1.24. The highest BCUT2D eigenvalue weighted by Crippen LogP contribution is 2.63. The summed E-state index contributed by atoms with van der Waals surface area (Å²) in [5.74, 6) is -0.955. The zero-order chi connectivity index (χ0) is 25.7. The lowest BCUT2D eigenvalue weighted by atomic mass is 9.45. The molecule has 2 amide bonds. The largest absolute Gasteiger partial charge is 0.354 e. The number of benzene rings is 1. The van der Waals surface area contributed by atoms with Crippen LogP contribution in [0.5, 0.6) is 0 Å². The van der Waals surface area contributed by atoms with Crippen molar-refractivity contribution in [1.82, 2.24) is 10.3 Å². The molecule has 1 aromatic carbocycles. The van der Waals surface area contributed by atoms with Crippen LogP contribution in [-0.4, -0.2) is 29.4 Å². The molecule has 0 aliphatic heterocycles. The lowest BCUT2D eigenvalue weighted by Gasteiger charge is -2.60. The van der Waals surface area contributed by atoms with E-state index in [-0.39, 0.29) is 36.1 Å². The Morgan fingerprint density at radius 2 is 1.75 bits per heavy atom. The van der Waals surface area contributed by atoms with Gasteiger partial charge in [-0.15, -0.1) is 0 Å². The van der Waals surface area contributed by atoms with Crippen molar-refractivity contribution in [2.24, 2.45) is 34.8 Å². The maximum Gasteiger partial charge on any atom is 0.237 e. The van der Waals surface area contributed by atoms with E-state index in [4.69, 9.17) is 5.73 Å². The van der Waals surface area contributed by atoms with Crippen molar-refractivity contribution >= 4 is 17.5 Å². The van der Waals surface area contributed by atoms with Gasteiger partial charge in [0.2, 0.25) is 11.8 Å². The summed E-state index contributed by atoms with van der Waals surface area (Å²) >= 11 is 0. The normalized spacial score (nSPS) is 29.6. The molecule has 3 atom stereocenters. The topological polar surface area (TPSA) is 97.1 Å². The summed E-state index contributed by atoms with van der Waals surface area (Å²) in [4.78, 5) is 30.6. The predicted octanol–water partition coefficient (Wildman–Crippen LogP) is 4.16. The molecule has 36 heavy (non-hydrogen) atoms. The second kappa shape index (κ2) is 9.21. The molecule has 1 aromatic heterocycles. The van der Waals surface area contributed by atoms with E-state index >= 15 is 0 Å². The molecule has 3 unspecified atom stereocenters. The van der Waals surface area contributed by atoms with Gasteiger partial charge in [-0.3, -0.25) is 14.6 Å². The first kappa shape index (κ1) is 24.8. The summed E-state index contributed by atoms with van der Waals surface area (Å²) in [6.07, 6.45) is 7.74. The van der Waals surface area contributed by atoms with Crippen molar-refractivity contribution in [3.8, 4) is 0 Å². The molecule has 4 fully saturated rings. The molecule has 0 saturated heterocycles. The quantitative estimate of drug-likeness (QED) is 0.536. The highest BCUT2D eigenvalue weighted by atomic mass is 19.2. The number of halogens is 2. The molecular formula is C28H34F2N4O2. The molecule has 6 nitrogen and oxygen atoms in total. The fraction of sp³-hybridized carbons (Fsp3) is 0.536. The second-order valence-corrected chi connectivity index (χ2v) is 11.8. The molecule has 1 heterocycles. The van der Waals surface area contributed by atoms with E-state index in [2.05, 4.69) is 15.6 Å². The van der Waals surface area contributed by atoms with E-state index in [0.29, 0.717) is 11.5 Å². The monoisotopic (exact) mass is 496 g/mol. The molecule has 4 N–H and O–H groups in total. The fourth-order valence-corrected chi connectivity index (χ4v) is 7.25. The number of carbonyl (C=O) groups is 2. The van der Waals surface area contributed by atoms with Crippen LogP contribution in [0.25, 0.3) is 0 Å². The van der Waals surface area contributed by atoms with E-state index in [1.165, 1.54) is 6.07 Å². The number of nitrogens with two attached hydrogens (primary N) is 1. The van der Waals surface area contributed by atoms with Gasteiger partial charge < -0.3 is 16.4 Å². The van der Waals surface area contributed by atoms with Crippen LogP contribution in [0.15, 0.2) is 42.7 Å². The lowest BCUT2D eigenvalue weighted by molar-refractivity contribution is -0.151. The van der Waals surface area contributed by atoms with Crippen molar-refractivity contribution in [3.05, 3.63) is 59.9 Å². The number of anilines is 1. The Kier molecular flexibility index (Phi) is 6.35. The Hall–Kier alpha value is -2.87. The summed E-state index contributed by atoms with van der Waals surface area (Å²) in [5.41, 5.74) is 6.93. The van der Waals surface area contributed by atoms with Gasteiger partial charge in [0.05, 0.1) is 11.5 Å². The first-order chi connectivity index (χ1) is 17.1. The second-order valence-electron chi connectivity index (χ2n) is 11.8. The number of rotatable bonds is 7. The van der Waals surface area contributed by atoms with Crippen LogP contribution in [0.2, 0.25) is 0 Å². The van der Waals surface area contributed by atoms with Gasteiger partial charge in [0.25, 0.3) is 0 Å². The molecule has 4 bridgehead atoms. The summed E-state index contributed by atoms with van der Waals surface area (Å²) in [6.45, 7) is 4.01. The number of nitrogens with zero attached hydrogens (tertiary/aromatic N) is 1. The molecule has 8 heteroatoms. The molecule has 0 spiro atoms. The van der Waals surface area contributed by atoms with Crippen LogP contribution in [-0.2, 0) is 15.0 Å². The molecule has 6 rings (SSSR count). The van der Waals surface area contributed by atoms with Crippen molar-refractivity contribution < 1.29 is 18.4 Å². The van der Waals surface area contributed by atoms with E-state index < -0.39 is 28.5 Å².